The van der Waals surface area contributed by atoms with E-state index in [0.29, 0.717) is 0 Å². The van der Waals surface area contributed by atoms with Crippen molar-refractivity contribution >= 4 is 11.6 Å². The van der Waals surface area contributed by atoms with Crippen molar-refractivity contribution in [2.45, 2.75) is 49.6 Å². The smallest absolute Gasteiger partial charge is 0.330 e. The van der Waals surface area contributed by atoms with Crippen LogP contribution < -0.4 is 22.5 Å². The molecule has 37 heavy (non-hydrogen) atoms. The van der Waals surface area contributed by atoms with Crippen LogP contribution in [0.25, 0.3) is 20.9 Å². The van der Waals surface area contributed by atoms with Gasteiger partial charge < -0.3 is 19.7 Å². The van der Waals surface area contributed by atoms with E-state index in [2.05, 4.69) is 25.0 Å². The van der Waals surface area contributed by atoms with Gasteiger partial charge in [-0.2, -0.15) is 0 Å². The summed E-state index contributed by atoms with van der Waals surface area (Å²) in [6.45, 7) is -0.648. The largest absolute Gasteiger partial charge is 0.394 e. The molecule has 0 unspecified atom stereocenters. The van der Waals surface area contributed by atoms with Crippen molar-refractivity contribution in [2.24, 2.45) is 10.2 Å². The van der Waals surface area contributed by atoms with Crippen LogP contribution >= 0.6 is 11.6 Å². The summed E-state index contributed by atoms with van der Waals surface area (Å²) in [4.78, 5) is 54.7. The lowest BCUT2D eigenvalue weighted by Crippen LogP contribution is -2.32. The molecule has 4 heterocycles. The lowest BCUT2D eigenvalue weighted by molar-refractivity contribution is -0.0271. The molecular formula is C18H21ClN10O8. The quantitative estimate of drug-likeness (QED) is 0.213. The third-order valence-corrected chi connectivity index (χ3v) is 5.83. The summed E-state index contributed by atoms with van der Waals surface area (Å²) in [6.07, 6.45) is 0.164. The minimum Gasteiger partial charge on any atom is -0.394 e. The van der Waals surface area contributed by atoms with E-state index in [1.807, 2.05) is 4.98 Å². The van der Waals surface area contributed by atoms with E-state index in [4.69, 9.17) is 42.3 Å². The van der Waals surface area contributed by atoms with E-state index < -0.39 is 59.2 Å². The van der Waals surface area contributed by atoms with Gasteiger partial charge in [-0.25, -0.2) is 9.59 Å². The monoisotopic (exact) mass is 540 g/mol. The Morgan fingerprint density at radius 1 is 0.946 bits per heavy atom. The summed E-state index contributed by atoms with van der Waals surface area (Å²) in [5.74, 6) is 0. The van der Waals surface area contributed by atoms with Crippen molar-refractivity contribution < 1.29 is 19.7 Å². The van der Waals surface area contributed by atoms with Crippen LogP contribution in [0.2, 0.25) is 5.02 Å². The number of nitrogens with zero attached hydrogens (tertiary/aromatic N) is 8. The van der Waals surface area contributed by atoms with Crippen LogP contribution in [-0.2, 0) is 9.47 Å². The van der Waals surface area contributed by atoms with E-state index in [9.17, 15) is 19.2 Å². The Balaban J connectivity index is 0.000000206. The van der Waals surface area contributed by atoms with Crippen LogP contribution in [0, 0.1) is 0 Å². The molecule has 4 N–H and O–H groups in total. The molecule has 2 aliphatic heterocycles. The number of H-pyrrole nitrogens is 2. The SMILES string of the molecule is [N-]=[N+]=N[C@H]1C[C@H](n2cc(Cl)c(=O)[nH]c2=O)O[C@@H]1CO.[N-]=[N+]=N[C@H]1C[C@H](n2ccc(=O)[nH]c2=O)O[C@@H]1CO. The first-order chi connectivity index (χ1) is 17.7. The van der Waals surface area contributed by atoms with E-state index in [1.54, 1.807) is 0 Å². The first-order valence-corrected chi connectivity index (χ1v) is 11.0. The highest BCUT2D eigenvalue weighted by Gasteiger charge is 2.36. The molecule has 2 aromatic rings. The number of aliphatic hydroxyl groups excluding tert-OH is 2. The lowest BCUT2D eigenvalue weighted by Gasteiger charge is -2.14. The topological polar surface area (TPSA) is 266 Å². The standard InChI is InChI=1S/C9H10ClN5O4.C9H11N5O4/c10-4-2-15(9(18)12-8(4)17)7-1-5(13-14-11)6(3-16)19-7;10-13-12-5-3-8(18-6(5)4-15)14-2-1-7(16)11-9(14)17/h2,5-7,16H,1,3H2,(H,12,17,18);1-2,5-6,8,15H,3-4H2,(H,11,16,17)/t5-,6+,7+;5-,6+,8+/m00/s1. The van der Waals surface area contributed by atoms with Gasteiger partial charge in [0.1, 0.15) is 17.5 Å². The van der Waals surface area contributed by atoms with Crippen LogP contribution in [-0.4, -0.2) is 66.8 Å². The molecule has 2 aromatic heterocycles. The molecule has 0 aliphatic carbocycles. The summed E-state index contributed by atoms with van der Waals surface area (Å²) in [5.41, 5.74) is 14.3. The fourth-order valence-electron chi connectivity index (χ4n) is 3.80. The van der Waals surface area contributed by atoms with Gasteiger partial charge >= 0.3 is 11.4 Å². The van der Waals surface area contributed by atoms with Crippen molar-refractivity contribution in [3.8, 4) is 0 Å². The van der Waals surface area contributed by atoms with Crippen LogP contribution in [0.15, 0.2) is 47.9 Å². The first-order valence-electron chi connectivity index (χ1n) is 10.7. The van der Waals surface area contributed by atoms with Crippen molar-refractivity contribution in [1.82, 2.24) is 19.1 Å². The minimum absolute atomic E-state index is 0.156. The lowest BCUT2D eigenvalue weighted by atomic mass is 10.1. The van der Waals surface area contributed by atoms with Crippen molar-refractivity contribution in [3.05, 3.63) is 86.0 Å². The summed E-state index contributed by atoms with van der Waals surface area (Å²) < 4.78 is 13.1. The molecule has 0 amide bonds. The highest BCUT2D eigenvalue weighted by molar-refractivity contribution is 6.30. The van der Waals surface area contributed by atoms with Gasteiger partial charge in [0.05, 0.1) is 37.5 Å². The van der Waals surface area contributed by atoms with E-state index in [0.717, 1.165) is 10.8 Å². The molecule has 0 saturated carbocycles. The van der Waals surface area contributed by atoms with Crippen molar-refractivity contribution in [3.63, 3.8) is 0 Å². The van der Waals surface area contributed by atoms with Gasteiger partial charge in [-0.3, -0.25) is 28.7 Å². The second-order valence-electron chi connectivity index (χ2n) is 7.80. The summed E-state index contributed by atoms with van der Waals surface area (Å²) in [5, 5.41) is 25.1. The second-order valence-corrected chi connectivity index (χ2v) is 8.21. The Kier molecular flexibility index (Phi) is 9.26. The average molecular weight is 541 g/mol. The number of hydrogen-bond acceptors (Lipinski definition) is 10. The van der Waals surface area contributed by atoms with Gasteiger partial charge in [-0.1, -0.05) is 21.8 Å². The van der Waals surface area contributed by atoms with Gasteiger partial charge in [-0.05, 0) is 11.1 Å². The predicted molar refractivity (Wildman–Crippen MR) is 125 cm³/mol. The first kappa shape index (κ1) is 27.7. The van der Waals surface area contributed by atoms with E-state index in [1.165, 1.54) is 16.8 Å². The Morgan fingerprint density at radius 3 is 1.95 bits per heavy atom. The minimum atomic E-state index is -0.755. The summed E-state index contributed by atoms with van der Waals surface area (Å²) >= 11 is 5.64. The fraction of sp³-hybridized carbons (Fsp3) is 0.556. The Bertz CT molecular complexity index is 1440. The van der Waals surface area contributed by atoms with Gasteiger partial charge in [0.2, 0.25) is 0 Å². The molecule has 0 radical (unpaired) electrons. The average Bonchev–Trinajstić information content (AvgIpc) is 3.46. The van der Waals surface area contributed by atoms with Crippen molar-refractivity contribution in [1.29, 1.82) is 0 Å². The third kappa shape index (κ3) is 6.46. The molecule has 4 rings (SSSR count). The Hall–Kier alpha value is -3.89. The van der Waals surface area contributed by atoms with Gasteiger partial charge in [0.25, 0.3) is 11.1 Å². The number of rotatable bonds is 6. The molecule has 0 bridgehead atoms. The highest BCUT2D eigenvalue weighted by Crippen LogP contribution is 2.30. The molecule has 2 saturated heterocycles. The number of hydrogen-bond donors (Lipinski definition) is 4. The summed E-state index contributed by atoms with van der Waals surface area (Å²) in [6, 6.07) is 0.0704. The number of halogens is 1. The fourth-order valence-corrected chi connectivity index (χ4v) is 3.96. The predicted octanol–water partition coefficient (Wildman–Crippen LogP) is -0.356. The number of aromatic nitrogens is 4. The number of aromatic amines is 2. The molecule has 198 valence electrons. The zero-order valence-electron chi connectivity index (χ0n) is 18.8. The van der Waals surface area contributed by atoms with Crippen LogP contribution in [0.4, 0.5) is 0 Å². The molecular weight excluding hydrogens is 520 g/mol. The van der Waals surface area contributed by atoms with Crippen LogP contribution in [0.3, 0.4) is 0 Å². The van der Waals surface area contributed by atoms with E-state index in [-0.39, 0.29) is 31.1 Å². The van der Waals surface area contributed by atoms with Crippen molar-refractivity contribution in [2.75, 3.05) is 13.2 Å². The molecule has 2 aliphatic rings. The Labute approximate surface area is 209 Å². The molecule has 0 spiro atoms. The zero-order chi connectivity index (χ0) is 27.1. The molecule has 2 fully saturated rings. The second kappa shape index (κ2) is 12.4. The Morgan fingerprint density at radius 2 is 1.46 bits per heavy atom. The van der Waals surface area contributed by atoms with Gasteiger partial charge in [0, 0.05) is 41.1 Å². The molecule has 18 nitrogen and oxygen atoms in total. The normalized spacial score (nSPS) is 26.5. The maximum Gasteiger partial charge on any atom is 0.330 e. The summed E-state index contributed by atoms with van der Waals surface area (Å²) in [7, 11) is 0. The van der Waals surface area contributed by atoms with Gasteiger partial charge in [0.15, 0.2) is 0 Å². The maximum absolute atomic E-state index is 11.6. The molecule has 19 heteroatoms. The van der Waals surface area contributed by atoms with Gasteiger partial charge in [-0.15, -0.1) is 0 Å². The number of aliphatic hydroxyl groups is 2. The van der Waals surface area contributed by atoms with Crippen LogP contribution in [0.5, 0.6) is 0 Å². The maximum atomic E-state index is 11.6. The number of nitrogens with one attached hydrogen (secondary N) is 2. The number of ether oxygens (including phenoxy) is 2. The highest BCUT2D eigenvalue weighted by atomic mass is 35.5. The molecule has 0 aromatic carbocycles. The van der Waals surface area contributed by atoms with Crippen LogP contribution in [0.1, 0.15) is 25.3 Å². The molecule has 6 atom stereocenters. The van der Waals surface area contributed by atoms with E-state index >= 15 is 0 Å². The zero-order valence-corrected chi connectivity index (χ0v) is 19.6. The third-order valence-electron chi connectivity index (χ3n) is 5.56. The number of azide groups is 2.